The van der Waals surface area contributed by atoms with Crippen LogP contribution in [0.1, 0.15) is 60.2 Å². The number of carboxylic acid groups (broad SMARTS) is 1. The maximum absolute atomic E-state index is 12.2. The fraction of sp³-hybridized carbons (Fsp3) is 0.318. The van der Waals surface area contributed by atoms with E-state index < -0.39 is 5.97 Å². The lowest BCUT2D eigenvalue weighted by Crippen LogP contribution is -2.22. The molecule has 1 fully saturated rings. The molecule has 2 atom stereocenters. The topological polar surface area (TPSA) is 81.6 Å². The number of hydrogen-bond acceptors (Lipinski definition) is 4. The van der Waals surface area contributed by atoms with Gasteiger partial charge in [-0.1, -0.05) is 69.3 Å². The first-order chi connectivity index (χ1) is 12.8. The van der Waals surface area contributed by atoms with Crippen molar-refractivity contribution in [2.24, 2.45) is 11.0 Å². The van der Waals surface area contributed by atoms with E-state index in [0.29, 0.717) is 5.56 Å². The Kier molecular flexibility index (Phi) is 5.13. The monoisotopic (exact) mass is 363 g/mol. The van der Waals surface area contributed by atoms with Gasteiger partial charge in [-0.15, -0.1) is 0 Å². The molecule has 2 aromatic rings. The van der Waals surface area contributed by atoms with Crippen molar-refractivity contribution in [3.63, 3.8) is 0 Å². The lowest BCUT2D eigenvalue weighted by atomic mass is 9.86. The number of carbonyl (C=O) groups is 2. The van der Waals surface area contributed by atoms with E-state index in [1.807, 2.05) is 0 Å². The zero-order valence-corrected chi connectivity index (χ0v) is 15.7. The van der Waals surface area contributed by atoms with E-state index in [1.165, 1.54) is 29.5 Å². The standard InChI is InChI=1S/C22H24N2O3/c1-22(2,3)17-10-8-15(9-11-17)18-12-19(18)20(25)24-23-13-14-4-6-16(7-5-14)21(26)27/h4-11,13,18-19H,12H2,1-3H3,(H,24,25)(H,26,27)/p-1/t18-,19+/m1/s1. The molecule has 1 saturated carbocycles. The third kappa shape index (κ3) is 4.61. The second kappa shape index (κ2) is 7.35. The SMILES string of the molecule is CC(C)(C)c1ccc([C@H]2C[C@@H]2C(=O)NN=Cc2ccc(C(=O)[O-])cc2)cc1. The highest BCUT2D eigenvalue weighted by molar-refractivity contribution is 5.88. The Balaban J connectivity index is 1.53. The molecule has 0 heterocycles. The van der Waals surface area contributed by atoms with Crippen LogP contribution in [-0.4, -0.2) is 18.1 Å². The second-order valence-corrected chi connectivity index (χ2v) is 7.96. The number of benzene rings is 2. The van der Waals surface area contributed by atoms with Crippen molar-refractivity contribution in [3.8, 4) is 0 Å². The number of amides is 1. The summed E-state index contributed by atoms with van der Waals surface area (Å²) >= 11 is 0. The van der Waals surface area contributed by atoms with E-state index in [0.717, 1.165) is 6.42 Å². The van der Waals surface area contributed by atoms with Crippen molar-refractivity contribution in [2.45, 2.75) is 38.5 Å². The first-order valence-corrected chi connectivity index (χ1v) is 9.00. The lowest BCUT2D eigenvalue weighted by Gasteiger charge is -2.19. The molecule has 1 N–H and O–H groups in total. The Bertz CT molecular complexity index is 862. The second-order valence-electron chi connectivity index (χ2n) is 7.96. The van der Waals surface area contributed by atoms with Gasteiger partial charge in [-0.2, -0.15) is 5.10 Å². The Morgan fingerprint density at radius 3 is 2.26 bits per heavy atom. The Morgan fingerprint density at radius 1 is 1.07 bits per heavy atom. The minimum Gasteiger partial charge on any atom is -0.545 e. The normalized spacial score (nSPS) is 19.1. The first kappa shape index (κ1) is 18.8. The van der Waals surface area contributed by atoms with E-state index in [4.69, 9.17) is 0 Å². The van der Waals surface area contributed by atoms with Crippen molar-refractivity contribution in [3.05, 3.63) is 70.8 Å². The molecule has 0 saturated heterocycles. The van der Waals surface area contributed by atoms with Crippen LogP contribution in [-0.2, 0) is 10.2 Å². The summed E-state index contributed by atoms with van der Waals surface area (Å²) < 4.78 is 0. The molecule has 5 heteroatoms. The number of hydrazone groups is 1. The van der Waals surface area contributed by atoms with E-state index in [1.54, 1.807) is 12.1 Å². The number of hydrogen-bond donors (Lipinski definition) is 1. The minimum absolute atomic E-state index is 0.0527. The first-order valence-electron chi connectivity index (χ1n) is 9.00. The highest BCUT2D eigenvalue weighted by atomic mass is 16.4. The van der Waals surface area contributed by atoms with Crippen LogP contribution in [0.5, 0.6) is 0 Å². The van der Waals surface area contributed by atoms with Gasteiger partial charge < -0.3 is 9.90 Å². The third-order valence-corrected chi connectivity index (χ3v) is 4.87. The molecule has 1 aliphatic rings. The number of rotatable bonds is 5. The highest BCUT2D eigenvalue weighted by Gasteiger charge is 2.43. The molecule has 1 amide bonds. The van der Waals surface area contributed by atoms with Gasteiger partial charge in [-0.3, -0.25) is 4.79 Å². The number of carboxylic acids is 1. The maximum atomic E-state index is 12.2. The molecule has 0 aromatic heterocycles. The molecular weight excluding hydrogens is 340 g/mol. The van der Waals surface area contributed by atoms with Crippen LogP contribution < -0.4 is 10.5 Å². The van der Waals surface area contributed by atoms with E-state index in [9.17, 15) is 14.7 Å². The van der Waals surface area contributed by atoms with E-state index in [2.05, 4.69) is 55.6 Å². The van der Waals surface area contributed by atoms with E-state index >= 15 is 0 Å². The van der Waals surface area contributed by atoms with Gasteiger partial charge in [0.2, 0.25) is 5.91 Å². The van der Waals surface area contributed by atoms with Gasteiger partial charge in [0.05, 0.1) is 12.2 Å². The van der Waals surface area contributed by atoms with Crippen molar-refractivity contribution in [1.82, 2.24) is 5.43 Å². The number of nitrogens with zero attached hydrogens (tertiary/aromatic N) is 1. The zero-order chi connectivity index (χ0) is 19.6. The van der Waals surface area contributed by atoms with Crippen LogP contribution in [0.2, 0.25) is 0 Å². The fourth-order valence-corrected chi connectivity index (χ4v) is 3.04. The average molecular weight is 363 g/mol. The largest absolute Gasteiger partial charge is 0.545 e. The maximum Gasteiger partial charge on any atom is 0.243 e. The van der Waals surface area contributed by atoms with Gasteiger partial charge in [-0.25, -0.2) is 5.43 Å². The van der Waals surface area contributed by atoms with Crippen molar-refractivity contribution in [2.75, 3.05) is 0 Å². The predicted molar refractivity (Wildman–Crippen MR) is 102 cm³/mol. The molecule has 140 valence electrons. The van der Waals surface area contributed by atoms with Gasteiger partial charge in [-0.05, 0) is 40.0 Å². The molecule has 2 aromatic carbocycles. The number of aromatic carboxylic acids is 1. The summed E-state index contributed by atoms with van der Waals surface area (Å²) in [6.07, 6.45) is 2.32. The van der Waals surface area contributed by atoms with E-state index in [-0.39, 0.29) is 28.7 Å². The van der Waals surface area contributed by atoms with Crippen LogP contribution >= 0.6 is 0 Å². The summed E-state index contributed by atoms with van der Waals surface area (Å²) in [5.74, 6) is -1.12. The Hall–Kier alpha value is -2.95. The third-order valence-electron chi connectivity index (χ3n) is 4.87. The van der Waals surface area contributed by atoms with Crippen molar-refractivity contribution >= 4 is 18.1 Å². The average Bonchev–Trinajstić information content (AvgIpc) is 3.42. The summed E-state index contributed by atoms with van der Waals surface area (Å²) in [4.78, 5) is 22.9. The molecule has 0 unspecified atom stereocenters. The van der Waals surface area contributed by atoms with Crippen LogP contribution in [0.3, 0.4) is 0 Å². The van der Waals surface area contributed by atoms with Crippen LogP contribution in [0.4, 0.5) is 0 Å². The predicted octanol–water partition coefficient (Wildman–Crippen LogP) is 2.60. The molecule has 0 aliphatic heterocycles. The summed E-state index contributed by atoms with van der Waals surface area (Å²) in [6.45, 7) is 6.54. The molecule has 0 radical (unpaired) electrons. The van der Waals surface area contributed by atoms with Gasteiger partial charge in [0.1, 0.15) is 0 Å². The van der Waals surface area contributed by atoms with Gasteiger partial charge in [0.15, 0.2) is 0 Å². The summed E-state index contributed by atoms with van der Waals surface area (Å²) in [5.41, 5.74) is 5.96. The quantitative estimate of drug-likeness (QED) is 0.655. The molecular formula is C22H23N2O3-. The van der Waals surface area contributed by atoms with Crippen molar-refractivity contribution < 1.29 is 14.7 Å². The smallest absolute Gasteiger partial charge is 0.243 e. The van der Waals surface area contributed by atoms with Gasteiger partial charge in [0, 0.05) is 5.92 Å². The fourth-order valence-electron chi connectivity index (χ4n) is 3.04. The Labute approximate surface area is 159 Å². The van der Waals surface area contributed by atoms with Crippen molar-refractivity contribution in [1.29, 1.82) is 0 Å². The summed E-state index contributed by atoms with van der Waals surface area (Å²) in [6, 6.07) is 14.6. The molecule has 1 aliphatic carbocycles. The molecule has 27 heavy (non-hydrogen) atoms. The number of nitrogens with one attached hydrogen (secondary N) is 1. The van der Waals surface area contributed by atoms with Gasteiger partial charge >= 0.3 is 0 Å². The van der Waals surface area contributed by atoms with Crippen LogP contribution in [0.15, 0.2) is 53.6 Å². The van der Waals surface area contributed by atoms with Crippen LogP contribution in [0, 0.1) is 5.92 Å². The van der Waals surface area contributed by atoms with Gasteiger partial charge in [0.25, 0.3) is 0 Å². The Morgan fingerprint density at radius 2 is 1.70 bits per heavy atom. The molecule has 0 bridgehead atoms. The van der Waals surface area contributed by atoms with Crippen LogP contribution in [0.25, 0.3) is 0 Å². The summed E-state index contributed by atoms with van der Waals surface area (Å²) in [7, 11) is 0. The lowest BCUT2D eigenvalue weighted by molar-refractivity contribution is -0.255. The molecule has 0 spiro atoms. The molecule has 5 nitrogen and oxygen atoms in total. The minimum atomic E-state index is -1.22. The zero-order valence-electron chi connectivity index (χ0n) is 15.7. The number of carbonyl (C=O) groups excluding carboxylic acids is 2. The molecule has 3 rings (SSSR count). The summed E-state index contributed by atoms with van der Waals surface area (Å²) in [5, 5.41) is 14.7. The highest BCUT2D eigenvalue weighted by Crippen LogP contribution is 2.47.